The van der Waals surface area contributed by atoms with Gasteiger partial charge in [0.25, 0.3) is 3.98 Å². The Hall–Kier alpha value is -3.05. The molecule has 2 aromatic rings. The number of hydrogen-bond donors (Lipinski definition) is 0. The summed E-state index contributed by atoms with van der Waals surface area (Å²) >= 11 is 1.62. The molecule has 0 atom stereocenters. The van der Waals surface area contributed by atoms with Crippen molar-refractivity contribution in [1.29, 1.82) is 0 Å². The lowest BCUT2D eigenvalue weighted by atomic mass is 10.3. The van der Waals surface area contributed by atoms with Gasteiger partial charge in [0, 0.05) is 0 Å². The van der Waals surface area contributed by atoms with Crippen molar-refractivity contribution in [2.75, 3.05) is 19.1 Å². The van der Waals surface area contributed by atoms with Crippen LogP contribution in [-0.4, -0.2) is 38.2 Å². The van der Waals surface area contributed by atoms with E-state index in [9.17, 15) is 19.5 Å². The average molecular weight is 393 g/mol. The molecule has 2 amide bonds. The number of methoxy groups -OCH3 is 2. The Labute approximate surface area is 154 Å². The van der Waals surface area contributed by atoms with Gasteiger partial charge < -0.3 is 14.6 Å². The monoisotopic (exact) mass is 393 g/mol. The Bertz CT molecular complexity index is 956. The number of carbonyl (C=O) groups excluding carboxylic acids is 3. The average Bonchev–Trinajstić information content (AvgIpc) is 3.22. The zero-order chi connectivity index (χ0) is 18.8. The summed E-state index contributed by atoms with van der Waals surface area (Å²) < 4.78 is 10.3. The van der Waals surface area contributed by atoms with Gasteiger partial charge in [-0.1, -0.05) is 40.9 Å². The molecule has 0 saturated carbocycles. The molecule has 0 fully saturated rings. The van der Waals surface area contributed by atoms with Crippen LogP contribution in [0.15, 0.2) is 35.4 Å². The molecule has 1 aromatic heterocycles. The molecule has 0 radical (unpaired) electrons. The van der Waals surface area contributed by atoms with E-state index in [1.807, 2.05) is 0 Å². The molecule has 3 rings (SSSR count). The van der Waals surface area contributed by atoms with E-state index in [4.69, 9.17) is 0 Å². The highest BCUT2D eigenvalue weighted by Gasteiger charge is 2.38. The van der Waals surface area contributed by atoms with Gasteiger partial charge in [-0.05, 0) is 21.9 Å². The number of hydrogen-bond acceptors (Lipinski definition) is 9. The normalized spacial score (nSPS) is 13.6. The van der Waals surface area contributed by atoms with Crippen LogP contribution in [0.4, 0.5) is 10.5 Å². The molecule has 1 aromatic carbocycles. The highest BCUT2D eigenvalue weighted by molar-refractivity contribution is 7.29. The highest BCUT2D eigenvalue weighted by atomic mass is 32.2. The zero-order valence-corrected chi connectivity index (χ0v) is 15.1. The molecule has 9 nitrogen and oxygen atoms in total. The molecule has 0 N–H and O–H groups in total. The Morgan fingerprint density at radius 1 is 1.08 bits per heavy atom. The maximum absolute atomic E-state index is 12.6. The van der Waals surface area contributed by atoms with Gasteiger partial charge in [0.15, 0.2) is 0 Å². The van der Waals surface area contributed by atoms with Crippen LogP contribution >= 0.6 is 22.7 Å². The van der Waals surface area contributed by atoms with Gasteiger partial charge in [0.05, 0.1) is 14.2 Å². The fourth-order valence-electron chi connectivity index (χ4n) is 2.10. The summed E-state index contributed by atoms with van der Waals surface area (Å²) in [5.74, 6) is -1.51. The molecule has 1 aliphatic rings. The summed E-state index contributed by atoms with van der Waals surface area (Å²) in [7, 11) is 2.33. The fourth-order valence-corrected chi connectivity index (χ4v) is 4.46. The van der Waals surface area contributed by atoms with Crippen LogP contribution in [-0.2, 0) is 9.47 Å². The molecule has 0 aliphatic carbocycles. The van der Waals surface area contributed by atoms with Gasteiger partial charge in [-0.3, -0.25) is 0 Å². The van der Waals surface area contributed by atoms with E-state index >= 15 is 0 Å². The van der Waals surface area contributed by atoms with E-state index in [1.165, 1.54) is 14.2 Å². The predicted octanol–water partition coefficient (Wildman–Crippen LogP) is 0.427. The molecular formula is C15H11N3O6S2. The number of esters is 2. The number of amides is 2. The summed E-state index contributed by atoms with van der Waals surface area (Å²) in [5.41, 5.74) is 0.358. The molecule has 0 bridgehead atoms. The standard InChI is InChI=1S/C15H11N3O6S2/c1-23-11(19)9-10(12(20)24-2)26-15(25-9)18-14(22)17(13(21)16-18)8-6-4-3-5-7-8/h3-7H,1-2H3. The molecule has 134 valence electrons. The molecular weight excluding hydrogens is 382 g/mol. The SMILES string of the molecule is COC(=O)c1sc(=[N+]2N=C([O-])N(c3ccccc3)C2=O)sc1C(=O)OC. The molecule has 1 aliphatic heterocycles. The third-order valence-electron chi connectivity index (χ3n) is 3.26. The Morgan fingerprint density at radius 3 is 2.12 bits per heavy atom. The molecule has 26 heavy (non-hydrogen) atoms. The number of para-hydroxylation sites is 1. The van der Waals surface area contributed by atoms with Crippen LogP contribution < -0.4 is 18.7 Å². The number of amidine groups is 1. The quantitative estimate of drug-likeness (QED) is 0.552. The van der Waals surface area contributed by atoms with Gasteiger partial charge in [-0.25, -0.2) is 9.59 Å². The zero-order valence-electron chi connectivity index (χ0n) is 13.5. The highest BCUT2D eigenvalue weighted by Crippen LogP contribution is 2.21. The van der Waals surface area contributed by atoms with E-state index in [1.54, 1.807) is 30.3 Å². The minimum Gasteiger partial charge on any atom is -0.824 e. The van der Waals surface area contributed by atoms with Gasteiger partial charge >= 0.3 is 18.0 Å². The maximum atomic E-state index is 12.6. The molecule has 0 unspecified atom stereocenters. The van der Waals surface area contributed by atoms with Crippen molar-refractivity contribution >= 4 is 52.4 Å². The van der Waals surface area contributed by atoms with Crippen LogP contribution in [0.1, 0.15) is 19.3 Å². The van der Waals surface area contributed by atoms with Crippen molar-refractivity contribution in [1.82, 2.24) is 4.68 Å². The lowest BCUT2D eigenvalue weighted by Crippen LogP contribution is -2.41. The van der Waals surface area contributed by atoms with Crippen LogP contribution in [0.2, 0.25) is 0 Å². The van der Waals surface area contributed by atoms with Crippen molar-refractivity contribution in [3.63, 3.8) is 0 Å². The van der Waals surface area contributed by atoms with E-state index in [-0.39, 0.29) is 13.7 Å². The molecule has 2 heterocycles. The second-order valence-corrected chi connectivity index (χ2v) is 7.02. The first-order valence-corrected chi connectivity index (χ1v) is 8.69. The number of carbonyl (C=O) groups is 3. The van der Waals surface area contributed by atoms with Crippen molar-refractivity contribution < 1.29 is 29.0 Å². The first-order valence-electron chi connectivity index (χ1n) is 7.06. The van der Waals surface area contributed by atoms with Gasteiger partial charge in [-0.2, -0.15) is 4.79 Å². The number of urea groups is 1. The van der Waals surface area contributed by atoms with Crippen LogP contribution in [0.3, 0.4) is 0 Å². The van der Waals surface area contributed by atoms with Crippen LogP contribution in [0.5, 0.6) is 0 Å². The summed E-state index contributed by atoms with van der Waals surface area (Å²) in [6, 6.07) is 6.79. The van der Waals surface area contributed by atoms with Crippen LogP contribution in [0.25, 0.3) is 0 Å². The Morgan fingerprint density at radius 2 is 1.62 bits per heavy atom. The van der Waals surface area contributed by atoms with Crippen LogP contribution in [0, 0.1) is 0 Å². The third-order valence-corrected chi connectivity index (χ3v) is 5.74. The number of benzene rings is 1. The van der Waals surface area contributed by atoms with Gasteiger partial charge in [-0.15, -0.1) is 4.90 Å². The molecule has 0 saturated heterocycles. The summed E-state index contributed by atoms with van der Waals surface area (Å²) in [4.78, 5) is 37.2. The Balaban J connectivity index is 2.15. The van der Waals surface area contributed by atoms with Crippen molar-refractivity contribution in [3.05, 3.63) is 44.1 Å². The molecule has 0 spiro atoms. The summed E-state index contributed by atoms with van der Waals surface area (Å²) in [5, 5.41) is 15.9. The van der Waals surface area contributed by atoms with Gasteiger partial charge in [0.2, 0.25) is 6.02 Å². The first kappa shape index (κ1) is 17.8. The van der Waals surface area contributed by atoms with E-state index in [0.717, 1.165) is 32.3 Å². The number of hydrazone groups is 1. The van der Waals surface area contributed by atoms with E-state index < -0.39 is 24.0 Å². The maximum Gasteiger partial charge on any atom is 0.531 e. The number of ether oxygens (including phenoxy) is 2. The summed E-state index contributed by atoms with van der Waals surface area (Å²) in [6.07, 6.45) is 0. The van der Waals surface area contributed by atoms with Gasteiger partial charge in [0.1, 0.15) is 15.4 Å². The van der Waals surface area contributed by atoms with E-state index in [2.05, 4.69) is 14.6 Å². The minimum absolute atomic E-state index is 0.0343. The second-order valence-electron chi connectivity index (χ2n) is 4.76. The smallest absolute Gasteiger partial charge is 0.531 e. The lowest BCUT2D eigenvalue weighted by molar-refractivity contribution is -0.216. The lowest BCUT2D eigenvalue weighted by Gasteiger charge is -2.10. The third kappa shape index (κ3) is 2.97. The van der Waals surface area contributed by atoms with Crippen molar-refractivity contribution in [3.8, 4) is 0 Å². The first-order chi connectivity index (χ1) is 12.5. The second kappa shape index (κ2) is 7.06. The number of anilines is 1. The van der Waals surface area contributed by atoms with Crippen molar-refractivity contribution in [2.45, 2.75) is 0 Å². The predicted molar refractivity (Wildman–Crippen MR) is 91.9 cm³/mol. The number of nitrogens with zero attached hydrogens (tertiary/aromatic N) is 3. The minimum atomic E-state index is -0.777. The molecule has 11 heteroatoms. The summed E-state index contributed by atoms with van der Waals surface area (Å²) in [6.45, 7) is 0. The topological polar surface area (TPSA) is 111 Å². The van der Waals surface area contributed by atoms with Crippen molar-refractivity contribution in [2.24, 2.45) is 5.10 Å². The number of rotatable bonds is 3. The van der Waals surface area contributed by atoms with E-state index in [0.29, 0.717) is 5.69 Å². The Kier molecular flexibility index (Phi) is 4.82. The fraction of sp³-hybridized carbons (Fsp3) is 0.133. The largest absolute Gasteiger partial charge is 0.824 e.